The summed E-state index contributed by atoms with van der Waals surface area (Å²) in [7, 11) is 2.03. The monoisotopic (exact) mass is 532 g/mol. The highest BCUT2D eigenvalue weighted by atomic mass is 35.5. The van der Waals surface area contributed by atoms with Crippen LogP contribution in [-0.2, 0) is 11.8 Å². The molecule has 2 aromatic heterocycles. The number of carbonyl (C=O) groups is 1. The summed E-state index contributed by atoms with van der Waals surface area (Å²) in [5, 5.41) is 1.69. The lowest BCUT2D eigenvalue weighted by atomic mass is 9.94. The van der Waals surface area contributed by atoms with Crippen LogP contribution < -0.4 is 14.9 Å². The molecule has 4 aromatic rings. The molecule has 5 rings (SSSR count). The zero-order chi connectivity index (χ0) is 26.4. The Labute approximate surface area is 224 Å². The van der Waals surface area contributed by atoms with Crippen molar-refractivity contribution >= 4 is 45.8 Å². The summed E-state index contributed by atoms with van der Waals surface area (Å²) in [6, 6.07) is 14.9. The molecule has 1 aliphatic rings. The summed E-state index contributed by atoms with van der Waals surface area (Å²) >= 11 is 7.54. The first kappa shape index (κ1) is 25.2. The molecule has 37 heavy (non-hydrogen) atoms. The molecule has 1 atom stereocenters. The minimum atomic E-state index is -0.586. The first-order valence-corrected chi connectivity index (χ1v) is 13.6. The van der Waals surface area contributed by atoms with E-state index < -0.39 is 6.04 Å². The molecule has 0 unspecified atom stereocenters. The van der Waals surface area contributed by atoms with Gasteiger partial charge in [0.2, 0.25) is 0 Å². The quantitative estimate of drug-likeness (QED) is 0.378. The fourth-order valence-electron chi connectivity index (χ4n) is 5.10. The average Bonchev–Trinajstić information content (AvgIpc) is 3.33. The van der Waals surface area contributed by atoms with E-state index in [2.05, 4.69) is 23.6 Å². The Morgan fingerprint density at radius 1 is 1.11 bits per heavy atom. The van der Waals surface area contributed by atoms with Crippen molar-refractivity contribution in [2.24, 2.45) is 12.0 Å². The fourth-order valence-corrected chi connectivity index (χ4v) is 6.25. The number of rotatable bonds is 5. The average molecular weight is 533 g/mol. The first-order chi connectivity index (χ1) is 17.8. The summed E-state index contributed by atoms with van der Waals surface area (Å²) < 4.78 is 4.39. The molecule has 6 nitrogen and oxygen atoms in total. The summed E-state index contributed by atoms with van der Waals surface area (Å²) in [4.78, 5) is 34.8. The van der Waals surface area contributed by atoms with Crippen LogP contribution in [0, 0.1) is 6.92 Å². The maximum Gasteiger partial charge on any atom is 0.271 e. The smallest absolute Gasteiger partial charge is 0.271 e. The van der Waals surface area contributed by atoms with Gasteiger partial charge in [0.15, 0.2) is 4.80 Å². The van der Waals surface area contributed by atoms with Gasteiger partial charge in [-0.3, -0.25) is 14.2 Å². The van der Waals surface area contributed by atoms with E-state index in [4.69, 9.17) is 16.6 Å². The van der Waals surface area contributed by atoms with E-state index in [0.29, 0.717) is 38.7 Å². The number of halogens is 1. The number of allylic oxidation sites excluding steroid dienone is 1. The molecule has 0 saturated heterocycles. The van der Waals surface area contributed by atoms with E-state index in [1.165, 1.54) is 11.3 Å². The summed E-state index contributed by atoms with van der Waals surface area (Å²) in [6.45, 7) is 8.97. The molecule has 0 bridgehead atoms. The number of hydrogen-bond donors (Lipinski definition) is 0. The number of nitrogens with zero attached hydrogens (tertiary/aromatic N) is 4. The first-order valence-electron chi connectivity index (χ1n) is 12.4. The molecule has 1 amide bonds. The van der Waals surface area contributed by atoms with Crippen LogP contribution in [0.1, 0.15) is 43.6 Å². The number of thiazole rings is 1. The van der Waals surface area contributed by atoms with Crippen LogP contribution >= 0.6 is 22.9 Å². The van der Waals surface area contributed by atoms with Crippen LogP contribution in [0.2, 0.25) is 5.02 Å². The van der Waals surface area contributed by atoms with Gasteiger partial charge in [-0.2, -0.15) is 0 Å². The van der Waals surface area contributed by atoms with Crippen molar-refractivity contribution in [2.75, 3.05) is 13.1 Å². The molecule has 0 N–H and O–H groups in total. The molecular weight excluding hydrogens is 504 g/mol. The van der Waals surface area contributed by atoms with Crippen molar-refractivity contribution in [1.82, 2.24) is 14.0 Å². The fraction of sp³-hybridized carbons (Fsp3) is 0.276. The second kappa shape index (κ2) is 9.80. The predicted molar refractivity (Wildman–Crippen MR) is 151 cm³/mol. The van der Waals surface area contributed by atoms with Gasteiger partial charge in [-0.05, 0) is 57.5 Å². The number of para-hydroxylation sites is 1. The Bertz CT molecular complexity index is 1740. The van der Waals surface area contributed by atoms with Gasteiger partial charge in [0, 0.05) is 47.3 Å². The van der Waals surface area contributed by atoms with E-state index in [1.54, 1.807) is 21.6 Å². The van der Waals surface area contributed by atoms with Gasteiger partial charge in [-0.15, -0.1) is 0 Å². The molecule has 0 aliphatic carbocycles. The molecule has 0 saturated carbocycles. The number of aromatic nitrogens is 2. The normalized spacial score (nSPS) is 15.7. The third-order valence-electron chi connectivity index (χ3n) is 7.21. The molecule has 8 heteroatoms. The number of aryl methyl sites for hydroxylation is 1. The molecule has 190 valence electrons. The third kappa shape index (κ3) is 4.16. The zero-order valence-corrected chi connectivity index (χ0v) is 23.2. The van der Waals surface area contributed by atoms with Gasteiger partial charge >= 0.3 is 0 Å². The van der Waals surface area contributed by atoms with Crippen LogP contribution in [0.15, 0.2) is 69.6 Å². The Morgan fingerprint density at radius 2 is 1.78 bits per heavy atom. The van der Waals surface area contributed by atoms with Gasteiger partial charge in [0.1, 0.15) is 0 Å². The lowest BCUT2D eigenvalue weighted by Gasteiger charge is -2.29. The van der Waals surface area contributed by atoms with Crippen molar-refractivity contribution in [2.45, 2.75) is 33.7 Å². The largest absolute Gasteiger partial charge is 0.347 e. The Morgan fingerprint density at radius 3 is 2.46 bits per heavy atom. The van der Waals surface area contributed by atoms with Crippen LogP contribution in [0.25, 0.3) is 17.0 Å². The minimum absolute atomic E-state index is 0.106. The Hall–Kier alpha value is -3.42. The van der Waals surface area contributed by atoms with Crippen molar-refractivity contribution in [1.29, 1.82) is 0 Å². The van der Waals surface area contributed by atoms with Crippen LogP contribution in [0.4, 0.5) is 0 Å². The standard InChI is InChI=1S/C29H29ClN4O2S/c1-6-33(7-2)28(36)25-17(3)31-29-34(26(25)19-12-14-20(30)15-13-19)27(35)24(37-29)16-22-18(4)32(5)23-11-9-8-10-21(22)23/h8-16,26H,6-7H2,1-5H3/b24-16+/t26-/m1/s1. The number of fused-ring (bicyclic) bond motifs is 2. The third-order valence-corrected chi connectivity index (χ3v) is 8.45. The number of benzene rings is 2. The lowest BCUT2D eigenvalue weighted by Crippen LogP contribution is -2.43. The van der Waals surface area contributed by atoms with Gasteiger partial charge in [0.25, 0.3) is 11.5 Å². The minimum Gasteiger partial charge on any atom is -0.347 e. The van der Waals surface area contributed by atoms with E-state index in [9.17, 15) is 9.59 Å². The predicted octanol–water partition coefficient (Wildman–Crippen LogP) is 4.56. The van der Waals surface area contributed by atoms with Crippen LogP contribution in [0.5, 0.6) is 0 Å². The number of likely N-dealkylation sites (N-methyl/N-ethyl adjacent to an activating group) is 1. The van der Waals surface area contributed by atoms with E-state index in [0.717, 1.165) is 27.7 Å². The van der Waals surface area contributed by atoms with Crippen LogP contribution in [0.3, 0.4) is 0 Å². The highest BCUT2D eigenvalue weighted by molar-refractivity contribution is 7.07. The number of amides is 1. The lowest BCUT2D eigenvalue weighted by molar-refractivity contribution is -0.127. The molecule has 0 spiro atoms. The zero-order valence-electron chi connectivity index (χ0n) is 21.6. The van der Waals surface area contributed by atoms with Crippen molar-refractivity contribution < 1.29 is 4.79 Å². The van der Waals surface area contributed by atoms with Gasteiger partial charge < -0.3 is 9.47 Å². The molecule has 2 aromatic carbocycles. The topological polar surface area (TPSA) is 59.6 Å². The van der Waals surface area contributed by atoms with Crippen molar-refractivity contribution in [3.63, 3.8) is 0 Å². The van der Waals surface area contributed by atoms with E-state index in [-0.39, 0.29) is 11.5 Å². The molecular formula is C29H29ClN4O2S. The van der Waals surface area contributed by atoms with E-state index in [1.807, 2.05) is 58.2 Å². The van der Waals surface area contributed by atoms with E-state index >= 15 is 0 Å². The Balaban J connectivity index is 1.77. The van der Waals surface area contributed by atoms with Gasteiger partial charge in [-0.1, -0.05) is 53.3 Å². The van der Waals surface area contributed by atoms with Crippen molar-refractivity contribution in [3.8, 4) is 0 Å². The van der Waals surface area contributed by atoms with Crippen molar-refractivity contribution in [3.05, 3.63) is 101 Å². The Kier molecular flexibility index (Phi) is 6.68. The maximum atomic E-state index is 14.0. The molecule has 0 radical (unpaired) electrons. The second-order valence-electron chi connectivity index (χ2n) is 9.19. The number of hydrogen-bond acceptors (Lipinski definition) is 4. The molecule has 3 heterocycles. The summed E-state index contributed by atoms with van der Waals surface area (Å²) in [5.74, 6) is -0.106. The molecule has 0 fully saturated rings. The highest BCUT2D eigenvalue weighted by Crippen LogP contribution is 2.32. The number of carbonyl (C=O) groups excluding carboxylic acids is 1. The van der Waals surface area contributed by atoms with Gasteiger partial charge in [0.05, 0.1) is 21.8 Å². The summed E-state index contributed by atoms with van der Waals surface area (Å²) in [6.07, 6.45) is 1.96. The van der Waals surface area contributed by atoms with Gasteiger partial charge in [-0.25, -0.2) is 4.99 Å². The summed E-state index contributed by atoms with van der Waals surface area (Å²) in [5.41, 5.74) is 5.02. The second-order valence-corrected chi connectivity index (χ2v) is 10.6. The molecule has 1 aliphatic heterocycles. The van der Waals surface area contributed by atoms with Crippen LogP contribution in [-0.4, -0.2) is 33.0 Å². The highest BCUT2D eigenvalue weighted by Gasteiger charge is 2.34. The SMILES string of the molecule is CCN(CC)C(=O)C1=C(C)N=c2s/c(=C/c3c(C)n(C)c4ccccc34)c(=O)n2[C@@H]1c1ccc(Cl)cc1. The maximum absolute atomic E-state index is 14.0.